The molecular formula is C25H24ClN5O5. The Morgan fingerprint density at radius 1 is 1.06 bits per heavy atom. The zero-order valence-corrected chi connectivity index (χ0v) is 20.1. The number of carbonyl (C=O) groups is 2. The number of carbonyl (C=O) groups excluding carboxylic acids is 1. The van der Waals surface area contributed by atoms with E-state index in [4.69, 9.17) is 26.5 Å². The van der Waals surface area contributed by atoms with E-state index >= 15 is 0 Å². The van der Waals surface area contributed by atoms with Crippen molar-refractivity contribution in [3.63, 3.8) is 0 Å². The molecule has 3 heterocycles. The Kier molecular flexibility index (Phi) is 6.60. The monoisotopic (exact) mass is 509 g/mol. The van der Waals surface area contributed by atoms with E-state index in [1.165, 1.54) is 16.8 Å². The van der Waals surface area contributed by atoms with Gasteiger partial charge in [-0.3, -0.25) is 9.59 Å². The summed E-state index contributed by atoms with van der Waals surface area (Å²) in [7, 11) is 0. The van der Waals surface area contributed by atoms with Crippen LogP contribution in [-0.2, 0) is 11.3 Å². The summed E-state index contributed by atoms with van der Waals surface area (Å²) in [6, 6.07) is 11.0. The molecule has 0 spiro atoms. The third-order valence-corrected chi connectivity index (χ3v) is 6.40. The first-order chi connectivity index (χ1) is 17.4. The molecule has 0 amide bonds. The van der Waals surface area contributed by atoms with Gasteiger partial charge in [0.15, 0.2) is 5.78 Å². The zero-order valence-electron chi connectivity index (χ0n) is 19.4. The summed E-state index contributed by atoms with van der Waals surface area (Å²) in [5.74, 6) is -0.240. The topological polar surface area (TPSA) is 119 Å². The Bertz CT molecular complexity index is 1520. The predicted octanol–water partition coefficient (Wildman–Crippen LogP) is 3.42. The molecule has 1 N–H and O–H groups in total. The van der Waals surface area contributed by atoms with E-state index in [0.717, 1.165) is 38.8 Å². The molecule has 4 aromatic rings. The Morgan fingerprint density at radius 3 is 2.58 bits per heavy atom. The minimum absolute atomic E-state index is 0.0654. The standard InChI is InChI=1S/C25H24ClN5O5/c26-17-8-9-21-20(13-17)22(33)27-24-30(28-25(31(21)24)29-10-3-1-2-4-11-29)14-18(32)15-36-19-7-5-6-16(12-19)23(34)35/h5-9,12-13H,1-4,10-11,14-15H2,(H,34,35). The van der Waals surface area contributed by atoms with Crippen LogP contribution in [0.5, 0.6) is 5.75 Å². The first-order valence-electron chi connectivity index (χ1n) is 11.7. The molecule has 1 fully saturated rings. The van der Waals surface area contributed by atoms with Gasteiger partial charge in [0, 0.05) is 18.1 Å². The van der Waals surface area contributed by atoms with E-state index in [0.29, 0.717) is 21.9 Å². The van der Waals surface area contributed by atoms with Gasteiger partial charge in [-0.15, -0.1) is 5.10 Å². The maximum atomic E-state index is 12.8. The van der Waals surface area contributed by atoms with Crippen LogP contribution in [0.15, 0.2) is 47.3 Å². The third kappa shape index (κ3) is 4.76. The molecule has 0 unspecified atom stereocenters. The largest absolute Gasteiger partial charge is 0.486 e. The number of nitrogens with zero attached hydrogens (tertiary/aromatic N) is 5. The van der Waals surface area contributed by atoms with Crippen LogP contribution >= 0.6 is 11.6 Å². The van der Waals surface area contributed by atoms with Crippen molar-refractivity contribution in [3.05, 3.63) is 63.4 Å². The Balaban J connectivity index is 1.49. The average Bonchev–Trinajstić information content (AvgIpc) is 3.03. The van der Waals surface area contributed by atoms with Gasteiger partial charge in [-0.05, 0) is 49.2 Å². The molecule has 1 saturated heterocycles. The fraction of sp³-hybridized carbons (Fsp3) is 0.320. The van der Waals surface area contributed by atoms with Gasteiger partial charge in [-0.25, -0.2) is 13.9 Å². The number of ether oxygens (including phenoxy) is 1. The number of hydrogen-bond acceptors (Lipinski definition) is 7. The number of hydrogen-bond donors (Lipinski definition) is 1. The summed E-state index contributed by atoms with van der Waals surface area (Å²) in [5.41, 5.74) is 0.231. The lowest BCUT2D eigenvalue weighted by molar-refractivity contribution is -0.121. The van der Waals surface area contributed by atoms with E-state index < -0.39 is 11.5 Å². The summed E-state index contributed by atoms with van der Waals surface area (Å²) >= 11 is 6.14. The highest BCUT2D eigenvalue weighted by Gasteiger charge is 2.22. The van der Waals surface area contributed by atoms with Crippen LogP contribution in [0.25, 0.3) is 16.7 Å². The number of rotatable bonds is 7. The van der Waals surface area contributed by atoms with Gasteiger partial charge in [0.1, 0.15) is 18.9 Å². The Labute approximate surface area is 210 Å². The molecule has 1 aliphatic rings. The number of aromatic carboxylic acids is 1. The van der Waals surface area contributed by atoms with Gasteiger partial charge < -0.3 is 14.7 Å². The number of benzene rings is 2. The maximum absolute atomic E-state index is 12.8. The highest BCUT2D eigenvalue weighted by Crippen LogP contribution is 2.25. The summed E-state index contributed by atoms with van der Waals surface area (Å²) in [5, 5.41) is 14.7. The van der Waals surface area contributed by atoms with Gasteiger partial charge in [-0.1, -0.05) is 30.5 Å². The van der Waals surface area contributed by atoms with Gasteiger partial charge in [-0.2, -0.15) is 4.98 Å². The quantitative estimate of drug-likeness (QED) is 0.402. The molecule has 36 heavy (non-hydrogen) atoms. The number of ketones is 1. The van der Waals surface area contributed by atoms with Crippen LogP contribution in [-0.4, -0.2) is 55.7 Å². The zero-order chi connectivity index (χ0) is 25.2. The van der Waals surface area contributed by atoms with Gasteiger partial charge >= 0.3 is 5.97 Å². The second kappa shape index (κ2) is 9.98. The van der Waals surface area contributed by atoms with Crippen LogP contribution in [0.2, 0.25) is 5.02 Å². The Morgan fingerprint density at radius 2 is 1.83 bits per heavy atom. The summed E-state index contributed by atoms with van der Waals surface area (Å²) in [6.07, 6.45) is 4.32. The molecule has 186 valence electrons. The van der Waals surface area contributed by atoms with Gasteiger partial charge in [0.25, 0.3) is 5.56 Å². The summed E-state index contributed by atoms with van der Waals surface area (Å²) < 4.78 is 8.76. The average molecular weight is 510 g/mol. The maximum Gasteiger partial charge on any atom is 0.335 e. The number of halogens is 1. The SMILES string of the molecule is O=C(COc1cccc(C(=O)O)c1)Cn1nc(N2CCCCCC2)n2c3ccc(Cl)cc3c(=O)nc12. The molecular weight excluding hydrogens is 486 g/mol. The minimum atomic E-state index is -1.08. The number of fused-ring (bicyclic) bond motifs is 3. The summed E-state index contributed by atoms with van der Waals surface area (Å²) in [4.78, 5) is 43.2. The lowest BCUT2D eigenvalue weighted by Gasteiger charge is -2.20. The molecule has 0 aliphatic carbocycles. The first kappa shape index (κ1) is 23.8. The third-order valence-electron chi connectivity index (χ3n) is 6.17. The van der Waals surface area contributed by atoms with E-state index in [-0.39, 0.29) is 36.0 Å². The van der Waals surface area contributed by atoms with Crippen LogP contribution in [0.1, 0.15) is 36.0 Å². The molecule has 10 nitrogen and oxygen atoms in total. The highest BCUT2D eigenvalue weighted by molar-refractivity contribution is 6.31. The van der Waals surface area contributed by atoms with Crippen LogP contribution in [0.3, 0.4) is 0 Å². The van der Waals surface area contributed by atoms with Crippen molar-refractivity contribution in [2.45, 2.75) is 32.2 Å². The number of carboxylic acids is 1. The van der Waals surface area contributed by atoms with Crippen LogP contribution in [0, 0.1) is 0 Å². The van der Waals surface area contributed by atoms with Crippen molar-refractivity contribution < 1.29 is 19.4 Å². The summed E-state index contributed by atoms with van der Waals surface area (Å²) in [6.45, 7) is 1.16. The predicted molar refractivity (Wildman–Crippen MR) is 134 cm³/mol. The highest BCUT2D eigenvalue weighted by atomic mass is 35.5. The fourth-order valence-corrected chi connectivity index (χ4v) is 4.60. The van der Waals surface area contributed by atoms with Crippen molar-refractivity contribution in [2.75, 3.05) is 24.6 Å². The normalized spacial score (nSPS) is 14.2. The van der Waals surface area contributed by atoms with E-state index in [9.17, 15) is 14.4 Å². The van der Waals surface area contributed by atoms with Crippen LogP contribution in [0.4, 0.5) is 5.95 Å². The molecule has 0 radical (unpaired) electrons. The molecule has 5 rings (SSSR count). The first-order valence-corrected chi connectivity index (χ1v) is 12.1. The number of anilines is 1. The molecule has 0 atom stereocenters. The molecule has 1 aliphatic heterocycles. The van der Waals surface area contributed by atoms with Crippen molar-refractivity contribution in [1.82, 2.24) is 19.2 Å². The van der Waals surface area contributed by atoms with E-state index in [2.05, 4.69) is 9.88 Å². The second-order valence-electron chi connectivity index (χ2n) is 8.73. The van der Waals surface area contributed by atoms with E-state index in [1.807, 2.05) is 4.40 Å². The Hall–Kier alpha value is -3.92. The lowest BCUT2D eigenvalue weighted by Crippen LogP contribution is -2.26. The lowest BCUT2D eigenvalue weighted by atomic mass is 10.2. The molecule has 0 bridgehead atoms. The van der Waals surface area contributed by atoms with Crippen molar-refractivity contribution >= 4 is 46.0 Å². The number of aromatic nitrogens is 4. The van der Waals surface area contributed by atoms with Crippen molar-refractivity contribution in [3.8, 4) is 5.75 Å². The van der Waals surface area contributed by atoms with Crippen molar-refractivity contribution in [2.24, 2.45) is 0 Å². The van der Waals surface area contributed by atoms with Crippen LogP contribution < -0.4 is 15.2 Å². The molecule has 2 aromatic heterocycles. The van der Waals surface area contributed by atoms with Crippen molar-refractivity contribution in [1.29, 1.82) is 0 Å². The molecule has 11 heteroatoms. The van der Waals surface area contributed by atoms with E-state index in [1.54, 1.807) is 30.3 Å². The molecule has 0 saturated carbocycles. The minimum Gasteiger partial charge on any atom is -0.486 e. The van der Waals surface area contributed by atoms with Gasteiger partial charge in [0.05, 0.1) is 16.5 Å². The number of carboxylic acid groups (broad SMARTS) is 1. The second-order valence-corrected chi connectivity index (χ2v) is 9.17. The number of Topliss-reactive ketones (excluding diaryl/α,β-unsaturated/α-hetero) is 1. The smallest absolute Gasteiger partial charge is 0.335 e. The molecule has 2 aromatic carbocycles. The van der Waals surface area contributed by atoms with Gasteiger partial charge in [0.2, 0.25) is 11.7 Å². The fourth-order valence-electron chi connectivity index (χ4n) is 4.43.